The van der Waals surface area contributed by atoms with Crippen LogP contribution in [-0.4, -0.2) is 22.1 Å². The molecule has 4 nitrogen and oxygen atoms in total. The average molecular weight is 273 g/mol. The highest BCUT2D eigenvalue weighted by atomic mass is 79.9. The van der Waals surface area contributed by atoms with Crippen molar-refractivity contribution in [1.29, 1.82) is 0 Å². The molecular weight excluding hydrogens is 260 g/mol. The number of nitrogens with zero attached hydrogens (tertiary/aromatic N) is 1. The third kappa shape index (κ3) is 3.87. The van der Waals surface area contributed by atoms with Crippen LogP contribution >= 0.6 is 15.9 Å². The lowest BCUT2D eigenvalue weighted by molar-refractivity contribution is -0.138. The normalized spacial score (nSPS) is 12.1. The SMILES string of the molecule is CCCC(Nc1ccc(Br)cn1)C(=O)O. The summed E-state index contributed by atoms with van der Waals surface area (Å²) in [5.74, 6) is -0.263. The highest BCUT2D eigenvalue weighted by Gasteiger charge is 2.15. The number of carboxylic acid groups (broad SMARTS) is 1. The van der Waals surface area contributed by atoms with Crippen LogP contribution in [0.4, 0.5) is 5.82 Å². The lowest BCUT2D eigenvalue weighted by Crippen LogP contribution is -2.29. The van der Waals surface area contributed by atoms with Gasteiger partial charge in [-0.1, -0.05) is 13.3 Å². The van der Waals surface area contributed by atoms with Crippen LogP contribution in [0.2, 0.25) is 0 Å². The molecule has 1 rings (SSSR count). The topological polar surface area (TPSA) is 62.2 Å². The van der Waals surface area contributed by atoms with Crippen molar-refractivity contribution in [3.63, 3.8) is 0 Å². The number of pyridine rings is 1. The molecular formula is C10H13BrN2O2. The fourth-order valence-electron chi connectivity index (χ4n) is 1.19. The lowest BCUT2D eigenvalue weighted by atomic mass is 10.2. The van der Waals surface area contributed by atoms with Gasteiger partial charge in [0.15, 0.2) is 0 Å². The van der Waals surface area contributed by atoms with E-state index in [9.17, 15) is 4.79 Å². The van der Waals surface area contributed by atoms with Gasteiger partial charge in [-0.25, -0.2) is 9.78 Å². The quantitative estimate of drug-likeness (QED) is 0.865. The smallest absolute Gasteiger partial charge is 0.326 e. The first-order valence-electron chi connectivity index (χ1n) is 4.74. The number of hydrogen-bond acceptors (Lipinski definition) is 3. The van der Waals surface area contributed by atoms with Gasteiger partial charge in [0.25, 0.3) is 0 Å². The molecule has 0 aromatic carbocycles. The number of carboxylic acids is 1. The van der Waals surface area contributed by atoms with Crippen LogP contribution in [0, 0.1) is 0 Å². The van der Waals surface area contributed by atoms with Gasteiger partial charge in [-0.3, -0.25) is 0 Å². The minimum atomic E-state index is -0.846. The Kier molecular flexibility index (Phi) is 4.55. The van der Waals surface area contributed by atoms with E-state index in [0.717, 1.165) is 10.9 Å². The largest absolute Gasteiger partial charge is 0.480 e. The van der Waals surface area contributed by atoms with Crippen LogP contribution in [0.3, 0.4) is 0 Å². The maximum Gasteiger partial charge on any atom is 0.326 e. The highest BCUT2D eigenvalue weighted by molar-refractivity contribution is 9.10. The first-order chi connectivity index (χ1) is 7.13. The molecule has 0 saturated heterocycles. The zero-order valence-corrected chi connectivity index (χ0v) is 9.99. The molecule has 1 unspecified atom stereocenters. The van der Waals surface area contributed by atoms with Gasteiger partial charge in [-0.2, -0.15) is 0 Å². The van der Waals surface area contributed by atoms with Crippen LogP contribution in [0.15, 0.2) is 22.8 Å². The Labute approximate surface area is 96.8 Å². The van der Waals surface area contributed by atoms with E-state index in [-0.39, 0.29) is 0 Å². The molecule has 0 amide bonds. The fourth-order valence-corrected chi connectivity index (χ4v) is 1.42. The van der Waals surface area contributed by atoms with Crippen molar-refractivity contribution in [2.75, 3.05) is 5.32 Å². The summed E-state index contributed by atoms with van der Waals surface area (Å²) in [7, 11) is 0. The molecule has 0 radical (unpaired) electrons. The van der Waals surface area contributed by atoms with Gasteiger partial charge in [0, 0.05) is 10.7 Å². The number of aliphatic carboxylic acids is 1. The molecule has 0 saturated carbocycles. The van der Waals surface area contributed by atoms with Gasteiger partial charge in [0.1, 0.15) is 11.9 Å². The molecule has 15 heavy (non-hydrogen) atoms. The van der Waals surface area contributed by atoms with E-state index in [1.807, 2.05) is 13.0 Å². The standard InChI is InChI=1S/C10H13BrN2O2/c1-2-3-8(10(14)15)13-9-5-4-7(11)6-12-9/h4-6,8H,2-3H2,1H3,(H,12,13)(H,14,15). The van der Waals surface area contributed by atoms with Crippen LogP contribution in [-0.2, 0) is 4.79 Å². The molecule has 0 fully saturated rings. The van der Waals surface area contributed by atoms with Crippen LogP contribution in [0.25, 0.3) is 0 Å². The van der Waals surface area contributed by atoms with E-state index in [1.165, 1.54) is 0 Å². The molecule has 2 N–H and O–H groups in total. The maximum atomic E-state index is 10.9. The van der Waals surface area contributed by atoms with Crippen LogP contribution in [0.5, 0.6) is 0 Å². The number of hydrogen-bond donors (Lipinski definition) is 2. The monoisotopic (exact) mass is 272 g/mol. The molecule has 0 aliphatic carbocycles. The summed E-state index contributed by atoms with van der Waals surface area (Å²) in [6.45, 7) is 1.95. The molecule has 1 heterocycles. The molecule has 0 spiro atoms. The maximum absolute atomic E-state index is 10.9. The zero-order valence-electron chi connectivity index (χ0n) is 8.40. The molecule has 1 atom stereocenters. The Bertz CT molecular complexity index is 327. The summed E-state index contributed by atoms with van der Waals surface area (Å²) in [6, 6.07) is 3.00. The second-order valence-electron chi connectivity index (χ2n) is 3.19. The first-order valence-corrected chi connectivity index (χ1v) is 5.53. The summed E-state index contributed by atoms with van der Waals surface area (Å²) in [4.78, 5) is 14.9. The Morgan fingerprint density at radius 3 is 2.87 bits per heavy atom. The number of carbonyl (C=O) groups is 1. The Hall–Kier alpha value is -1.10. The second-order valence-corrected chi connectivity index (χ2v) is 4.10. The summed E-state index contributed by atoms with van der Waals surface area (Å²) in [5, 5.41) is 11.8. The minimum Gasteiger partial charge on any atom is -0.480 e. The number of anilines is 1. The summed E-state index contributed by atoms with van der Waals surface area (Å²) >= 11 is 3.26. The number of rotatable bonds is 5. The molecule has 0 bridgehead atoms. The van der Waals surface area contributed by atoms with Crippen LogP contribution in [0.1, 0.15) is 19.8 Å². The predicted octanol–water partition coefficient (Wildman–Crippen LogP) is 2.51. The lowest BCUT2D eigenvalue weighted by Gasteiger charge is -2.13. The fraction of sp³-hybridized carbons (Fsp3) is 0.400. The Morgan fingerprint density at radius 1 is 1.67 bits per heavy atom. The molecule has 1 aromatic heterocycles. The molecule has 0 aliphatic rings. The number of aromatic nitrogens is 1. The first kappa shape index (κ1) is 12.0. The summed E-state index contributed by atoms with van der Waals surface area (Å²) < 4.78 is 0.871. The molecule has 82 valence electrons. The van der Waals surface area contributed by atoms with Crippen molar-refractivity contribution in [3.05, 3.63) is 22.8 Å². The van der Waals surface area contributed by atoms with Crippen molar-refractivity contribution in [2.24, 2.45) is 0 Å². The van der Waals surface area contributed by atoms with Crippen molar-refractivity contribution in [2.45, 2.75) is 25.8 Å². The predicted molar refractivity (Wildman–Crippen MR) is 61.9 cm³/mol. The Morgan fingerprint density at radius 2 is 2.40 bits per heavy atom. The molecule has 5 heteroatoms. The van der Waals surface area contributed by atoms with Gasteiger partial charge < -0.3 is 10.4 Å². The van der Waals surface area contributed by atoms with Crippen molar-refractivity contribution in [1.82, 2.24) is 4.98 Å². The summed E-state index contributed by atoms with van der Waals surface area (Å²) in [5.41, 5.74) is 0. The average Bonchev–Trinajstić information content (AvgIpc) is 2.20. The molecule has 1 aromatic rings. The highest BCUT2D eigenvalue weighted by Crippen LogP contribution is 2.12. The molecule has 0 aliphatic heterocycles. The van der Waals surface area contributed by atoms with Crippen LogP contribution < -0.4 is 5.32 Å². The van der Waals surface area contributed by atoms with E-state index in [1.54, 1.807) is 12.3 Å². The van der Waals surface area contributed by atoms with Gasteiger partial charge in [0.05, 0.1) is 0 Å². The zero-order chi connectivity index (χ0) is 11.3. The third-order valence-electron chi connectivity index (χ3n) is 1.92. The van der Waals surface area contributed by atoms with Gasteiger partial charge in [0.2, 0.25) is 0 Å². The van der Waals surface area contributed by atoms with E-state index in [0.29, 0.717) is 12.2 Å². The van der Waals surface area contributed by atoms with Gasteiger partial charge in [-0.15, -0.1) is 0 Å². The Balaban J connectivity index is 2.65. The number of halogens is 1. The van der Waals surface area contributed by atoms with E-state index in [4.69, 9.17) is 5.11 Å². The second kappa shape index (κ2) is 5.70. The van der Waals surface area contributed by atoms with Gasteiger partial charge in [-0.05, 0) is 34.5 Å². The minimum absolute atomic E-state index is 0.566. The van der Waals surface area contributed by atoms with Crippen molar-refractivity contribution in [3.8, 4) is 0 Å². The van der Waals surface area contributed by atoms with Crippen molar-refractivity contribution < 1.29 is 9.90 Å². The van der Waals surface area contributed by atoms with E-state index < -0.39 is 12.0 Å². The summed E-state index contributed by atoms with van der Waals surface area (Å²) in [6.07, 6.45) is 3.04. The van der Waals surface area contributed by atoms with Crippen molar-refractivity contribution >= 4 is 27.7 Å². The number of nitrogens with one attached hydrogen (secondary N) is 1. The van der Waals surface area contributed by atoms with E-state index in [2.05, 4.69) is 26.2 Å². The van der Waals surface area contributed by atoms with Gasteiger partial charge >= 0.3 is 5.97 Å². The van der Waals surface area contributed by atoms with E-state index >= 15 is 0 Å². The third-order valence-corrected chi connectivity index (χ3v) is 2.39.